The van der Waals surface area contributed by atoms with Crippen LogP contribution in [-0.4, -0.2) is 16.1 Å². The number of aromatic hydroxyl groups is 1. The van der Waals surface area contributed by atoms with Gasteiger partial charge in [-0.05, 0) is 30.3 Å². The number of hydrazone groups is 1. The minimum absolute atomic E-state index is 0.139. The fraction of sp³-hybridized carbons (Fsp3) is 0.0667. The van der Waals surface area contributed by atoms with Crippen molar-refractivity contribution in [3.8, 4) is 5.75 Å². The Morgan fingerprint density at radius 1 is 1.23 bits per heavy atom. The number of anilines is 1. The second-order valence-corrected chi connectivity index (χ2v) is 7.09. The number of fused-ring (bicyclic) bond motifs is 2. The molecule has 3 N–H and O–H groups in total. The molecule has 2 aliphatic heterocycles. The van der Waals surface area contributed by atoms with Crippen molar-refractivity contribution in [3.05, 3.63) is 58.1 Å². The quantitative estimate of drug-likeness (QED) is 0.716. The molecule has 7 heteroatoms. The molecule has 4 rings (SSSR count). The molecule has 0 aromatic heterocycles. The van der Waals surface area contributed by atoms with E-state index in [1.165, 1.54) is 11.8 Å². The number of nitrogens with one attached hydrogen (secondary N) is 2. The van der Waals surface area contributed by atoms with Crippen LogP contribution in [0.3, 0.4) is 0 Å². The van der Waals surface area contributed by atoms with E-state index in [9.17, 15) is 9.90 Å². The lowest BCUT2D eigenvalue weighted by molar-refractivity contribution is -0.118. The summed E-state index contributed by atoms with van der Waals surface area (Å²) in [6.45, 7) is 0. The lowest BCUT2D eigenvalue weighted by atomic mass is 10.1. The van der Waals surface area contributed by atoms with E-state index in [1.807, 2.05) is 24.3 Å². The summed E-state index contributed by atoms with van der Waals surface area (Å²) in [5.41, 5.74) is 5.14. The van der Waals surface area contributed by atoms with Crippen LogP contribution >= 0.6 is 27.7 Å². The molecule has 0 unspecified atom stereocenters. The van der Waals surface area contributed by atoms with Gasteiger partial charge in [0, 0.05) is 15.7 Å². The standard InChI is InChI=1S/C15H10BrN3O2S/c16-8-5-6-11-10(7-8)15(14(21)17-11)19-18-13(22-15)9-3-1-2-4-12(9)20/h1-7,19-20H,(H,17,21)/t15-/m1/s1. The number of halogens is 1. The molecule has 2 aromatic carbocycles. The molecule has 1 amide bonds. The van der Waals surface area contributed by atoms with Crippen LogP contribution in [0.5, 0.6) is 5.75 Å². The van der Waals surface area contributed by atoms with Crippen LogP contribution in [-0.2, 0) is 9.67 Å². The number of phenols is 1. The molecule has 2 heterocycles. The summed E-state index contributed by atoms with van der Waals surface area (Å²) in [5, 5.41) is 17.7. The lowest BCUT2D eigenvalue weighted by Gasteiger charge is -2.20. The Morgan fingerprint density at radius 2 is 2.05 bits per heavy atom. The van der Waals surface area contributed by atoms with Crippen LogP contribution in [0.2, 0.25) is 0 Å². The zero-order chi connectivity index (χ0) is 15.3. The molecule has 0 bridgehead atoms. The van der Waals surface area contributed by atoms with Crippen molar-refractivity contribution < 1.29 is 9.90 Å². The van der Waals surface area contributed by atoms with Crippen LogP contribution in [0.4, 0.5) is 5.69 Å². The van der Waals surface area contributed by atoms with E-state index >= 15 is 0 Å². The molecule has 0 fully saturated rings. The van der Waals surface area contributed by atoms with Crippen LogP contribution in [0.25, 0.3) is 0 Å². The first kappa shape index (κ1) is 13.7. The molecule has 2 aromatic rings. The smallest absolute Gasteiger partial charge is 0.267 e. The average Bonchev–Trinajstić information content (AvgIpc) is 3.05. The first-order chi connectivity index (χ1) is 10.6. The normalized spacial score (nSPS) is 22.2. The highest BCUT2D eigenvalue weighted by atomic mass is 79.9. The first-order valence-corrected chi connectivity index (χ1v) is 8.15. The van der Waals surface area contributed by atoms with E-state index in [0.29, 0.717) is 10.6 Å². The molecule has 0 saturated heterocycles. The van der Waals surface area contributed by atoms with E-state index in [0.717, 1.165) is 15.7 Å². The van der Waals surface area contributed by atoms with Gasteiger partial charge in [0.2, 0.25) is 4.87 Å². The Kier molecular flexibility index (Phi) is 2.95. The Labute approximate surface area is 138 Å². The summed E-state index contributed by atoms with van der Waals surface area (Å²) in [7, 11) is 0. The molecular weight excluding hydrogens is 366 g/mol. The largest absolute Gasteiger partial charge is 0.507 e. The van der Waals surface area contributed by atoms with Gasteiger partial charge in [-0.15, -0.1) is 0 Å². The Morgan fingerprint density at radius 3 is 2.86 bits per heavy atom. The fourth-order valence-electron chi connectivity index (χ4n) is 2.55. The molecule has 22 heavy (non-hydrogen) atoms. The van der Waals surface area contributed by atoms with Crippen LogP contribution in [0.15, 0.2) is 52.0 Å². The predicted octanol–water partition coefficient (Wildman–Crippen LogP) is 2.96. The minimum Gasteiger partial charge on any atom is -0.507 e. The molecule has 1 spiro atoms. The van der Waals surface area contributed by atoms with Gasteiger partial charge < -0.3 is 10.4 Å². The van der Waals surface area contributed by atoms with Gasteiger partial charge in [0.05, 0.1) is 5.56 Å². The van der Waals surface area contributed by atoms with Crippen LogP contribution in [0, 0.1) is 0 Å². The van der Waals surface area contributed by atoms with Gasteiger partial charge in [0.1, 0.15) is 10.8 Å². The highest BCUT2D eigenvalue weighted by Gasteiger charge is 2.52. The maximum Gasteiger partial charge on any atom is 0.267 e. The van der Waals surface area contributed by atoms with Crippen molar-refractivity contribution in [1.29, 1.82) is 0 Å². The Bertz CT molecular complexity index is 839. The lowest BCUT2D eigenvalue weighted by Crippen LogP contribution is -2.39. The molecule has 0 aliphatic carbocycles. The van der Waals surface area contributed by atoms with E-state index in [4.69, 9.17) is 0 Å². The van der Waals surface area contributed by atoms with Crippen molar-refractivity contribution in [2.24, 2.45) is 5.10 Å². The van der Waals surface area contributed by atoms with Gasteiger partial charge >= 0.3 is 0 Å². The number of carbonyl (C=O) groups is 1. The van der Waals surface area contributed by atoms with Crippen molar-refractivity contribution in [2.45, 2.75) is 4.87 Å². The number of amides is 1. The number of hydrogen-bond acceptors (Lipinski definition) is 5. The fourth-order valence-corrected chi connectivity index (χ4v) is 4.09. The van der Waals surface area contributed by atoms with Crippen molar-refractivity contribution in [3.63, 3.8) is 0 Å². The molecule has 1 atom stereocenters. The van der Waals surface area contributed by atoms with E-state index < -0.39 is 4.87 Å². The van der Waals surface area contributed by atoms with Crippen LogP contribution in [0.1, 0.15) is 11.1 Å². The van der Waals surface area contributed by atoms with Gasteiger partial charge in [0.25, 0.3) is 5.91 Å². The molecule has 0 radical (unpaired) electrons. The van der Waals surface area contributed by atoms with Gasteiger partial charge in [-0.1, -0.05) is 39.8 Å². The van der Waals surface area contributed by atoms with Gasteiger partial charge in [0.15, 0.2) is 0 Å². The topological polar surface area (TPSA) is 73.7 Å². The molecule has 5 nitrogen and oxygen atoms in total. The third kappa shape index (κ3) is 1.85. The number of thioether (sulfide) groups is 1. The summed E-state index contributed by atoms with van der Waals surface area (Å²) < 4.78 is 0.889. The molecule has 2 aliphatic rings. The number of para-hydroxylation sites is 1. The van der Waals surface area contributed by atoms with Crippen molar-refractivity contribution in [1.82, 2.24) is 5.43 Å². The number of benzene rings is 2. The first-order valence-electron chi connectivity index (χ1n) is 6.54. The van der Waals surface area contributed by atoms with Gasteiger partial charge in [-0.3, -0.25) is 10.2 Å². The second-order valence-electron chi connectivity index (χ2n) is 4.97. The Hall–Kier alpha value is -1.99. The van der Waals surface area contributed by atoms with E-state index in [2.05, 4.69) is 31.8 Å². The maximum atomic E-state index is 12.5. The number of phenolic OH excluding ortho intramolecular Hbond substituents is 1. The second kappa shape index (κ2) is 4.76. The molecular formula is C15H10BrN3O2S. The van der Waals surface area contributed by atoms with E-state index in [-0.39, 0.29) is 11.7 Å². The summed E-state index contributed by atoms with van der Waals surface area (Å²) in [4.78, 5) is 11.5. The van der Waals surface area contributed by atoms with Crippen LogP contribution < -0.4 is 10.7 Å². The number of nitrogens with zero attached hydrogens (tertiary/aromatic N) is 1. The summed E-state index contributed by atoms with van der Waals surface area (Å²) >= 11 is 4.73. The number of carbonyl (C=O) groups excluding carboxylic acids is 1. The van der Waals surface area contributed by atoms with Gasteiger partial charge in [-0.25, -0.2) is 0 Å². The highest BCUT2D eigenvalue weighted by Crippen LogP contribution is 2.49. The Balaban J connectivity index is 1.77. The number of rotatable bonds is 1. The summed E-state index contributed by atoms with van der Waals surface area (Å²) in [6.07, 6.45) is 0. The average molecular weight is 376 g/mol. The zero-order valence-electron chi connectivity index (χ0n) is 11.1. The highest BCUT2D eigenvalue weighted by molar-refractivity contribution is 9.10. The van der Waals surface area contributed by atoms with Crippen molar-refractivity contribution in [2.75, 3.05) is 5.32 Å². The molecule has 110 valence electrons. The minimum atomic E-state index is -0.989. The third-order valence-electron chi connectivity index (χ3n) is 3.63. The molecule has 0 saturated carbocycles. The zero-order valence-corrected chi connectivity index (χ0v) is 13.5. The third-order valence-corrected chi connectivity index (χ3v) is 5.43. The predicted molar refractivity (Wildman–Crippen MR) is 89.8 cm³/mol. The van der Waals surface area contributed by atoms with E-state index in [1.54, 1.807) is 18.2 Å². The van der Waals surface area contributed by atoms with Crippen molar-refractivity contribution >= 4 is 44.3 Å². The van der Waals surface area contributed by atoms with Gasteiger partial charge in [-0.2, -0.15) is 5.10 Å². The summed E-state index contributed by atoms with van der Waals surface area (Å²) in [5.74, 6) is -0.0276. The SMILES string of the molecule is O=C1Nc2ccc(Br)cc2[C@]12NN=C(c1ccccc1O)S2. The monoisotopic (exact) mass is 375 g/mol. The summed E-state index contributed by atoms with van der Waals surface area (Å²) in [6, 6.07) is 12.6. The maximum absolute atomic E-state index is 12.5. The number of hydrogen-bond donors (Lipinski definition) is 3.